The van der Waals surface area contributed by atoms with E-state index in [-0.39, 0.29) is 0 Å². The maximum absolute atomic E-state index is 5.75. The second-order valence-corrected chi connectivity index (χ2v) is 2.98. The quantitative estimate of drug-likeness (QED) is 0.478. The summed E-state index contributed by atoms with van der Waals surface area (Å²) in [7, 11) is 0. The van der Waals surface area contributed by atoms with Crippen molar-refractivity contribution in [3.05, 3.63) is 0 Å². The van der Waals surface area contributed by atoms with Gasteiger partial charge in [0.25, 0.3) is 0 Å². The first-order chi connectivity index (χ1) is 4.24. The first-order valence-electron chi connectivity index (χ1n) is 3.45. The molecule has 0 saturated heterocycles. The van der Waals surface area contributed by atoms with E-state index < -0.39 is 0 Å². The molecule has 9 heavy (non-hydrogen) atoms. The Balaban J connectivity index is 2.46. The van der Waals surface area contributed by atoms with Crippen LogP contribution in [0.5, 0.6) is 0 Å². The lowest BCUT2D eigenvalue weighted by atomic mass is 10.1. The summed E-state index contributed by atoms with van der Waals surface area (Å²) in [4.78, 5) is 0. The summed E-state index contributed by atoms with van der Waals surface area (Å²) < 4.78 is 0. The highest BCUT2D eigenvalue weighted by molar-refractivity contribution is 5.00. The van der Waals surface area contributed by atoms with Crippen LogP contribution >= 0.6 is 0 Å². The molecule has 0 aromatic heterocycles. The molecule has 3 unspecified atom stereocenters. The lowest BCUT2D eigenvalue weighted by Gasteiger charge is -2.05. The van der Waals surface area contributed by atoms with Gasteiger partial charge in [0.1, 0.15) is 0 Å². The molecule has 1 aliphatic rings. The van der Waals surface area contributed by atoms with Crippen LogP contribution in [0.1, 0.15) is 19.8 Å². The van der Waals surface area contributed by atoms with Crippen molar-refractivity contribution in [1.29, 1.82) is 0 Å². The monoisotopic (exact) mass is 123 g/mol. The van der Waals surface area contributed by atoms with Gasteiger partial charge >= 0.3 is 0 Å². The first-order valence-corrected chi connectivity index (χ1v) is 3.45. The highest BCUT2D eigenvalue weighted by atomic mass is 14.7. The van der Waals surface area contributed by atoms with Crippen LogP contribution in [0.3, 0.4) is 0 Å². The van der Waals surface area contributed by atoms with Crippen molar-refractivity contribution in [3.63, 3.8) is 0 Å². The zero-order valence-electron chi connectivity index (χ0n) is 5.80. The number of terminal acetylenes is 1. The van der Waals surface area contributed by atoms with Crippen LogP contribution in [0, 0.1) is 24.2 Å². The van der Waals surface area contributed by atoms with Gasteiger partial charge in [0.15, 0.2) is 0 Å². The van der Waals surface area contributed by atoms with Gasteiger partial charge in [-0.2, -0.15) is 0 Å². The molecule has 1 aliphatic carbocycles. The standard InChI is InChI=1S/C8H13N/c1-3-7-4-6(2)8(9)5-7/h1,6-8H,4-5,9H2,2H3. The molecule has 0 radical (unpaired) electrons. The lowest BCUT2D eigenvalue weighted by Crippen LogP contribution is -2.21. The summed E-state index contributed by atoms with van der Waals surface area (Å²) >= 11 is 0. The van der Waals surface area contributed by atoms with E-state index in [4.69, 9.17) is 12.2 Å². The van der Waals surface area contributed by atoms with Crippen LogP contribution in [-0.4, -0.2) is 6.04 Å². The third-order valence-corrected chi connectivity index (χ3v) is 2.18. The topological polar surface area (TPSA) is 26.0 Å². The van der Waals surface area contributed by atoms with Crippen molar-refractivity contribution in [1.82, 2.24) is 0 Å². The van der Waals surface area contributed by atoms with Crippen molar-refractivity contribution in [2.24, 2.45) is 17.6 Å². The molecule has 0 spiro atoms. The van der Waals surface area contributed by atoms with E-state index in [1.165, 1.54) is 0 Å². The van der Waals surface area contributed by atoms with Crippen LogP contribution < -0.4 is 5.73 Å². The van der Waals surface area contributed by atoms with Crippen molar-refractivity contribution in [2.75, 3.05) is 0 Å². The number of hydrogen-bond donors (Lipinski definition) is 1. The molecule has 3 atom stereocenters. The maximum Gasteiger partial charge on any atom is 0.0218 e. The van der Waals surface area contributed by atoms with Crippen LogP contribution in [0.4, 0.5) is 0 Å². The molecule has 1 heteroatoms. The molecule has 1 rings (SSSR count). The minimum Gasteiger partial charge on any atom is -0.327 e. The summed E-state index contributed by atoms with van der Waals surface area (Å²) in [6.07, 6.45) is 7.40. The maximum atomic E-state index is 5.75. The van der Waals surface area contributed by atoms with Gasteiger partial charge in [-0.05, 0) is 18.8 Å². The molecule has 0 heterocycles. The number of nitrogens with two attached hydrogens (primary N) is 1. The van der Waals surface area contributed by atoms with E-state index in [0.29, 0.717) is 17.9 Å². The summed E-state index contributed by atoms with van der Waals surface area (Å²) in [5.41, 5.74) is 5.75. The molecule has 1 nitrogen and oxygen atoms in total. The molecular formula is C8H13N. The number of rotatable bonds is 0. The third-order valence-electron chi connectivity index (χ3n) is 2.18. The average Bonchev–Trinajstić information content (AvgIpc) is 2.13. The van der Waals surface area contributed by atoms with Gasteiger partial charge < -0.3 is 5.73 Å². The third kappa shape index (κ3) is 1.25. The fourth-order valence-corrected chi connectivity index (χ4v) is 1.42. The van der Waals surface area contributed by atoms with E-state index in [0.717, 1.165) is 12.8 Å². The van der Waals surface area contributed by atoms with Gasteiger partial charge in [0, 0.05) is 12.0 Å². The minimum atomic E-state index is 0.353. The SMILES string of the molecule is C#CC1CC(C)C(N)C1. The van der Waals surface area contributed by atoms with Gasteiger partial charge in [-0.3, -0.25) is 0 Å². The smallest absolute Gasteiger partial charge is 0.0218 e. The van der Waals surface area contributed by atoms with Gasteiger partial charge in [-0.25, -0.2) is 0 Å². The molecule has 0 aromatic carbocycles. The molecule has 0 bridgehead atoms. The van der Waals surface area contributed by atoms with E-state index in [9.17, 15) is 0 Å². The second-order valence-electron chi connectivity index (χ2n) is 2.98. The molecular weight excluding hydrogens is 110 g/mol. The Hall–Kier alpha value is -0.480. The Bertz CT molecular complexity index is 124. The van der Waals surface area contributed by atoms with E-state index in [1.54, 1.807) is 0 Å². The predicted octanol–water partition coefficient (Wildman–Crippen LogP) is 0.993. The van der Waals surface area contributed by atoms with Gasteiger partial charge in [-0.15, -0.1) is 12.3 Å². The van der Waals surface area contributed by atoms with E-state index >= 15 is 0 Å². The largest absolute Gasteiger partial charge is 0.327 e. The Morgan fingerprint density at radius 2 is 2.22 bits per heavy atom. The van der Waals surface area contributed by atoms with Crippen molar-refractivity contribution < 1.29 is 0 Å². The zero-order valence-corrected chi connectivity index (χ0v) is 5.80. The van der Waals surface area contributed by atoms with Crippen LogP contribution in [-0.2, 0) is 0 Å². The van der Waals surface area contributed by atoms with Crippen molar-refractivity contribution >= 4 is 0 Å². The minimum absolute atomic E-state index is 0.353. The summed E-state index contributed by atoms with van der Waals surface area (Å²) in [5.74, 6) is 3.83. The highest BCUT2D eigenvalue weighted by Crippen LogP contribution is 2.28. The van der Waals surface area contributed by atoms with Gasteiger partial charge in [0.05, 0.1) is 0 Å². The molecule has 0 amide bonds. The molecule has 1 saturated carbocycles. The summed E-state index contributed by atoms with van der Waals surface area (Å²) in [6.45, 7) is 2.17. The second kappa shape index (κ2) is 2.41. The van der Waals surface area contributed by atoms with Crippen molar-refractivity contribution in [2.45, 2.75) is 25.8 Å². The fraction of sp³-hybridized carbons (Fsp3) is 0.750. The summed E-state index contributed by atoms with van der Waals surface area (Å²) in [5, 5.41) is 0. The zero-order chi connectivity index (χ0) is 6.85. The normalized spacial score (nSPS) is 42.6. The van der Waals surface area contributed by atoms with Crippen molar-refractivity contribution in [3.8, 4) is 12.3 Å². The highest BCUT2D eigenvalue weighted by Gasteiger charge is 2.26. The Kier molecular flexibility index (Phi) is 1.78. The lowest BCUT2D eigenvalue weighted by molar-refractivity contribution is 0.526. The predicted molar refractivity (Wildman–Crippen MR) is 38.7 cm³/mol. The van der Waals surface area contributed by atoms with Gasteiger partial charge in [0.2, 0.25) is 0 Å². The van der Waals surface area contributed by atoms with Crippen LogP contribution in [0.25, 0.3) is 0 Å². The molecule has 0 aliphatic heterocycles. The Morgan fingerprint density at radius 3 is 2.44 bits per heavy atom. The molecule has 1 fully saturated rings. The Labute approximate surface area is 56.6 Å². The molecule has 2 N–H and O–H groups in total. The first kappa shape index (κ1) is 6.64. The van der Waals surface area contributed by atoms with Gasteiger partial charge in [-0.1, -0.05) is 6.92 Å². The van der Waals surface area contributed by atoms with Crippen LogP contribution in [0.2, 0.25) is 0 Å². The number of hydrogen-bond acceptors (Lipinski definition) is 1. The average molecular weight is 123 g/mol. The fourth-order valence-electron chi connectivity index (χ4n) is 1.42. The molecule has 0 aromatic rings. The van der Waals surface area contributed by atoms with Crippen LogP contribution in [0.15, 0.2) is 0 Å². The Morgan fingerprint density at radius 1 is 1.56 bits per heavy atom. The summed E-state index contributed by atoms with van der Waals surface area (Å²) in [6, 6.07) is 0.353. The molecule has 50 valence electrons. The van der Waals surface area contributed by atoms with E-state index in [2.05, 4.69) is 12.8 Å². The van der Waals surface area contributed by atoms with E-state index in [1.807, 2.05) is 0 Å².